The second kappa shape index (κ2) is 7.45. The van der Waals surface area contributed by atoms with Crippen LogP contribution in [-0.4, -0.2) is 30.3 Å². The van der Waals surface area contributed by atoms with Crippen LogP contribution >= 0.6 is 0 Å². The lowest BCUT2D eigenvalue weighted by molar-refractivity contribution is -0.00233. The predicted molar refractivity (Wildman–Crippen MR) is 80.4 cm³/mol. The number of urea groups is 1. The molecule has 1 aliphatic rings. The number of rotatable bonds is 5. The summed E-state index contributed by atoms with van der Waals surface area (Å²) in [4.78, 5) is 15.8. The molecule has 0 bridgehead atoms. The Labute approximate surface area is 125 Å². The molecule has 2 rings (SSSR count). The number of aromatic nitrogens is 1. The topological polar surface area (TPSA) is 76.4 Å². The van der Waals surface area contributed by atoms with Crippen LogP contribution in [0.4, 0.5) is 10.8 Å². The predicted octanol–water partition coefficient (Wildman–Crippen LogP) is 3.01. The number of hydrogen-bond donors (Lipinski definition) is 2. The van der Waals surface area contributed by atoms with E-state index < -0.39 is 0 Å². The molecule has 1 fully saturated rings. The molecule has 2 amide bonds. The lowest BCUT2D eigenvalue weighted by Gasteiger charge is -2.28. The normalized spacial score (nSPS) is 22.0. The van der Waals surface area contributed by atoms with Gasteiger partial charge in [0.25, 0.3) is 0 Å². The molecule has 1 aromatic rings. The second-order valence-electron chi connectivity index (χ2n) is 5.71. The maximum absolute atomic E-state index is 11.7. The summed E-state index contributed by atoms with van der Waals surface area (Å²) in [6, 6.07) is -0.0964. The highest BCUT2D eigenvalue weighted by atomic mass is 16.5. The Balaban J connectivity index is 1.63. The monoisotopic (exact) mass is 295 g/mol. The quantitative estimate of drug-likeness (QED) is 0.819. The molecule has 0 radical (unpaired) electrons. The van der Waals surface area contributed by atoms with E-state index in [9.17, 15) is 4.79 Å². The van der Waals surface area contributed by atoms with E-state index in [2.05, 4.69) is 22.5 Å². The highest BCUT2D eigenvalue weighted by molar-refractivity contribution is 5.86. The van der Waals surface area contributed by atoms with Gasteiger partial charge in [0.05, 0.1) is 18.4 Å². The molecule has 0 unspecified atom stereocenters. The van der Waals surface area contributed by atoms with E-state index in [1.807, 2.05) is 13.8 Å². The van der Waals surface area contributed by atoms with Crippen molar-refractivity contribution in [1.29, 1.82) is 0 Å². The third-order valence-electron chi connectivity index (χ3n) is 4.00. The van der Waals surface area contributed by atoms with Crippen molar-refractivity contribution in [3.05, 3.63) is 11.5 Å². The smallest absolute Gasteiger partial charge is 0.322 e. The van der Waals surface area contributed by atoms with Crippen LogP contribution in [0, 0.1) is 19.8 Å². The number of carbonyl (C=O) groups excluding carboxylic acids is 1. The second-order valence-corrected chi connectivity index (χ2v) is 5.71. The number of amides is 2. The number of oxazole rings is 1. The third-order valence-corrected chi connectivity index (χ3v) is 4.00. The van der Waals surface area contributed by atoms with Gasteiger partial charge in [0, 0.05) is 6.54 Å². The molecule has 6 heteroatoms. The molecule has 118 valence electrons. The molecule has 2 atom stereocenters. The van der Waals surface area contributed by atoms with Crippen molar-refractivity contribution >= 4 is 12.0 Å². The van der Waals surface area contributed by atoms with Gasteiger partial charge in [0.1, 0.15) is 5.76 Å². The standard InChI is InChI=1S/C15H25N3O3/c1-10-6-4-5-7-13(10)20-9-8-16-14(19)18-15-17-11(2)12(3)21-15/h10,13H,4-9H2,1-3H3,(H2,16,17,18,19)/t10-,13-/m0/s1. The van der Waals surface area contributed by atoms with Crippen molar-refractivity contribution in [2.24, 2.45) is 5.92 Å². The van der Waals surface area contributed by atoms with Gasteiger partial charge < -0.3 is 14.5 Å². The number of nitrogens with one attached hydrogen (secondary N) is 2. The van der Waals surface area contributed by atoms with Crippen LogP contribution in [0.25, 0.3) is 0 Å². The lowest BCUT2D eigenvalue weighted by atomic mass is 9.88. The van der Waals surface area contributed by atoms with Crippen molar-refractivity contribution in [2.75, 3.05) is 18.5 Å². The molecule has 1 saturated carbocycles. The number of nitrogens with zero attached hydrogens (tertiary/aromatic N) is 1. The van der Waals surface area contributed by atoms with Crippen LogP contribution in [0.1, 0.15) is 44.1 Å². The fourth-order valence-corrected chi connectivity index (χ4v) is 2.57. The summed E-state index contributed by atoms with van der Waals surface area (Å²) in [6.45, 7) is 6.89. The molecule has 1 aromatic heterocycles. The summed E-state index contributed by atoms with van der Waals surface area (Å²) in [6.07, 6.45) is 5.24. The molecule has 1 heterocycles. The van der Waals surface area contributed by atoms with E-state index in [0.29, 0.717) is 30.9 Å². The van der Waals surface area contributed by atoms with Crippen molar-refractivity contribution in [3.8, 4) is 0 Å². The Kier molecular flexibility index (Phi) is 5.61. The maximum Gasteiger partial charge on any atom is 0.322 e. The van der Waals surface area contributed by atoms with Crippen LogP contribution < -0.4 is 10.6 Å². The van der Waals surface area contributed by atoms with Gasteiger partial charge in [-0.15, -0.1) is 0 Å². The third kappa shape index (κ3) is 4.74. The first-order valence-corrected chi connectivity index (χ1v) is 7.66. The fourth-order valence-electron chi connectivity index (χ4n) is 2.57. The molecule has 2 N–H and O–H groups in total. The van der Waals surface area contributed by atoms with Gasteiger partial charge in [0.2, 0.25) is 0 Å². The Morgan fingerprint density at radius 3 is 2.81 bits per heavy atom. The summed E-state index contributed by atoms with van der Waals surface area (Å²) < 4.78 is 11.1. The van der Waals surface area contributed by atoms with Crippen LogP contribution in [0.2, 0.25) is 0 Å². The van der Waals surface area contributed by atoms with Gasteiger partial charge in [0.15, 0.2) is 0 Å². The Morgan fingerprint density at radius 1 is 1.38 bits per heavy atom. The molecule has 1 aliphatic carbocycles. The molecular weight excluding hydrogens is 270 g/mol. The summed E-state index contributed by atoms with van der Waals surface area (Å²) in [5.74, 6) is 1.32. The van der Waals surface area contributed by atoms with Crippen molar-refractivity contribution < 1.29 is 13.9 Å². The zero-order chi connectivity index (χ0) is 15.2. The van der Waals surface area contributed by atoms with Gasteiger partial charge >= 0.3 is 12.0 Å². The van der Waals surface area contributed by atoms with Crippen molar-refractivity contribution in [2.45, 2.75) is 52.6 Å². The minimum atomic E-state index is -0.323. The average Bonchev–Trinajstić information content (AvgIpc) is 2.75. The van der Waals surface area contributed by atoms with Crippen LogP contribution in [0.5, 0.6) is 0 Å². The highest BCUT2D eigenvalue weighted by Crippen LogP contribution is 2.25. The zero-order valence-corrected chi connectivity index (χ0v) is 13.1. The number of anilines is 1. The van der Waals surface area contributed by atoms with E-state index in [-0.39, 0.29) is 12.0 Å². The van der Waals surface area contributed by atoms with Gasteiger partial charge in [-0.25, -0.2) is 4.79 Å². The number of aryl methyl sites for hydroxylation is 2. The summed E-state index contributed by atoms with van der Waals surface area (Å²) in [7, 11) is 0. The minimum Gasteiger partial charge on any atom is -0.428 e. The van der Waals surface area contributed by atoms with Gasteiger partial charge in [-0.1, -0.05) is 19.8 Å². The molecule has 21 heavy (non-hydrogen) atoms. The zero-order valence-electron chi connectivity index (χ0n) is 13.1. The van der Waals surface area contributed by atoms with E-state index in [1.165, 1.54) is 19.3 Å². The molecule has 0 saturated heterocycles. The summed E-state index contributed by atoms with van der Waals surface area (Å²) >= 11 is 0. The van der Waals surface area contributed by atoms with E-state index in [0.717, 1.165) is 12.1 Å². The summed E-state index contributed by atoms with van der Waals surface area (Å²) in [5.41, 5.74) is 0.778. The Morgan fingerprint density at radius 2 is 2.14 bits per heavy atom. The van der Waals surface area contributed by atoms with Crippen molar-refractivity contribution in [3.63, 3.8) is 0 Å². The number of carbonyl (C=O) groups is 1. The van der Waals surface area contributed by atoms with Gasteiger partial charge in [-0.3, -0.25) is 5.32 Å². The van der Waals surface area contributed by atoms with E-state index in [1.54, 1.807) is 0 Å². The van der Waals surface area contributed by atoms with Crippen LogP contribution in [0.15, 0.2) is 4.42 Å². The SMILES string of the molecule is Cc1nc(NC(=O)NCCO[C@H]2CCCC[C@@H]2C)oc1C. The van der Waals surface area contributed by atoms with Crippen LogP contribution in [-0.2, 0) is 4.74 Å². The lowest BCUT2D eigenvalue weighted by Crippen LogP contribution is -2.34. The average molecular weight is 295 g/mol. The molecule has 0 spiro atoms. The van der Waals surface area contributed by atoms with Gasteiger partial charge in [-0.05, 0) is 32.6 Å². The van der Waals surface area contributed by atoms with Gasteiger partial charge in [-0.2, -0.15) is 4.98 Å². The Hall–Kier alpha value is -1.56. The first kappa shape index (κ1) is 15.8. The summed E-state index contributed by atoms with van der Waals surface area (Å²) in [5, 5.41) is 5.31. The largest absolute Gasteiger partial charge is 0.428 e. The van der Waals surface area contributed by atoms with E-state index in [4.69, 9.17) is 9.15 Å². The molecular formula is C15H25N3O3. The highest BCUT2D eigenvalue weighted by Gasteiger charge is 2.21. The first-order valence-electron chi connectivity index (χ1n) is 7.66. The molecule has 0 aromatic carbocycles. The fraction of sp³-hybridized carbons (Fsp3) is 0.733. The Bertz CT molecular complexity index is 453. The van der Waals surface area contributed by atoms with Crippen molar-refractivity contribution in [1.82, 2.24) is 10.3 Å². The van der Waals surface area contributed by atoms with Crippen LogP contribution in [0.3, 0.4) is 0 Å². The minimum absolute atomic E-state index is 0.226. The maximum atomic E-state index is 11.7. The number of hydrogen-bond acceptors (Lipinski definition) is 4. The number of ether oxygens (including phenoxy) is 1. The van der Waals surface area contributed by atoms with E-state index >= 15 is 0 Å². The first-order chi connectivity index (χ1) is 10.1. The molecule has 0 aliphatic heterocycles. The molecule has 6 nitrogen and oxygen atoms in total.